The molecule has 0 fully saturated rings. The van der Waals surface area contributed by atoms with Crippen molar-refractivity contribution in [3.63, 3.8) is 0 Å². The minimum absolute atomic E-state index is 0.471. The summed E-state index contributed by atoms with van der Waals surface area (Å²) in [4.78, 5) is 0. The third kappa shape index (κ3) is 2.71. The van der Waals surface area contributed by atoms with Crippen LogP contribution in [-0.4, -0.2) is 13.1 Å². The third-order valence-corrected chi connectivity index (χ3v) is 2.81. The molecule has 0 amide bonds. The minimum Gasteiger partial charge on any atom is -0.317 e. The quantitative estimate of drug-likeness (QED) is 0.786. The summed E-state index contributed by atoms with van der Waals surface area (Å²) in [5.74, 6) is 0.490. The predicted molar refractivity (Wildman–Crippen MR) is 58.4 cm³/mol. The molecule has 0 heterocycles. The molecular formula is C11H16ClN. The molecule has 0 saturated heterocycles. The molecule has 0 saturated carbocycles. The molecule has 0 aliphatic rings. The Bertz CT molecular complexity index is 273. The standard InChI is InChI=1S/C11H16ClN/c1-8(9(2)13-3)10-5-4-6-11(12)7-10/h4-9,13H,1-3H3. The van der Waals surface area contributed by atoms with Crippen molar-refractivity contribution in [2.45, 2.75) is 25.8 Å². The lowest BCUT2D eigenvalue weighted by molar-refractivity contribution is 0.524. The first kappa shape index (κ1) is 10.6. The molecule has 1 N–H and O–H groups in total. The van der Waals surface area contributed by atoms with Crippen molar-refractivity contribution in [3.05, 3.63) is 34.9 Å². The third-order valence-electron chi connectivity index (χ3n) is 2.58. The van der Waals surface area contributed by atoms with Crippen LogP contribution in [-0.2, 0) is 0 Å². The van der Waals surface area contributed by atoms with Crippen LogP contribution in [0.3, 0.4) is 0 Å². The SMILES string of the molecule is CNC(C)C(C)c1cccc(Cl)c1. The van der Waals surface area contributed by atoms with Gasteiger partial charge in [-0.25, -0.2) is 0 Å². The van der Waals surface area contributed by atoms with Crippen molar-refractivity contribution in [3.8, 4) is 0 Å². The van der Waals surface area contributed by atoms with Crippen LogP contribution in [0.1, 0.15) is 25.3 Å². The van der Waals surface area contributed by atoms with E-state index in [2.05, 4.69) is 25.2 Å². The molecule has 1 nitrogen and oxygen atoms in total. The van der Waals surface area contributed by atoms with E-state index < -0.39 is 0 Å². The number of hydrogen-bond acceptors (Lipinski definition) is 1. The lowest BCUT2D eigenvalue weighted by atomic mass is 9.95. The fraction of sp³-hybridized carbons (Fsp3) is 0.455. The fourth-order valence-corrected chi connectivity index (χ4v) is 1.53. The molecule has 0 aromatic heterocycles. The Hall–Kier alpha value is -0.530. The van der Waals surface area contributed by atoms with Gasteiger partial charge in [0.2, 0.25) is 0 Å². The summed E-state index contributed by atoms with van der Waals surface area (Å²) in [5, 5.41) is 4.05. The topological polar surface area (TPSA) is 12.0 Å². The van der Waals surface area contributed by atoms with Crippen LogP contribution in [0.15, 0.2) is 24.3 Å². The summed E-state index contributed by atoms with van der Waals surface area (Å²) in [6, 6.07) is 8.52. The Morgan fingerprint density at radius 1 is 1.31 bits per heavy atom. The minimum atomic E-state index is 0.471. The highest BCUT2D eigenvalue weighted by Gasteiger charge is 2.11. The van der Waals surface area contributed by atoms with E-state index in [4.69, 9.17) is 11.6 Å². The molecule has 0 aliphatic carbocycles. The van der Waals surface area contributed by atoms with Gasteiger partial charge >= 0.3 is 0 Å². The Morgan fingerprint density at radius 2 is 2.00 bits per heavy atom. The van der Waals surface area contributed by atoms with Gasteiger partial charge in [-0.3, -0.25) is 0 Å². The van der Waals surface area contributed by atoms with Gasteiger partial charge in [-0.05, 0) is 37.6 Å². The predicted octanol–water partition coefficient (Wildman–Crippen LogP) is 3.05. The summed E-state index contributed by atoms with van der Waals surface area (Å²) in [5.41, 5.74) is 1.29. The van der Waals surface area contributed by atoms with Gasteiger partial charge in [0.1, 0.15) is 0 Å². The van der Waals surface area contributed by atoms with Crippen LogP contribution < -0.4 is 5.32 Å². The molecule has 1 aromatic carbocycles. The number of rotatable bonds is 3. The average molecular weight is 198 g/mol. The first-order chi connectivity index (χ1) is 6.15. The van der Waals surface area contributed by atoms with E-state index in [-0.39, 0.29) is 0 Å². The van der Waals surface area contributed by atoms with Gasteiger partial charge in [-0.15, -0.1) is 0 Å². The van der Waals surface area contributed by atoms with Gasteiger partial charge in [0.05, 0.1) is 0 Å². The molecule has 72 valence electrons. The van der Waals surface area contributed by atoms with Crippen molar-refractivity contribution in [2.75, 3.05) is 7.05 Å². The lowest BCUT2D eigenvalue weighted by Crippen LogP contribution is -2.27. The molecule has 2 heteroatoms. The maximum atomic E-state index is 5.92. The molecule has 0 bridgehead atoms. The van der Waals surface area contributed by atoms with Crippen molar-refractivity contribution in [1.82, 2.24) is 5.32 Å². The van der Waals surface area contributed by atoms with Gasteiger partial charge in [-0.2, -0.15) is 0 Å². The highest BCUT2D eigenvalue weighted by Crippen LogP contribution is 2.21. The Balaban J connectivity index is 2.82. The number of halogens is 1. The van der Waals surface area contributed by atoms with E-state index in [1.54, 1.807) is 0 Å². The summed E-state index contributed by atoms with van der Waals surface area (Å²) < 4.78 is 0. The summed E-state index contributed by atoms with van der Waals surface area (Å²) in [7, 11) is 1.98. The van der Waals surface area contributed by atoms with Crippen LogP contribution in [0, 0.1) is 0 Å². The highest BCUT2D eigenvalue weighted by molar-refractivity contribution is 6.30. The van der Waals surface area contributed by atoms with Gasteiger partial charge in [0.15, 0.2) is 0 Å². The zero-order valence-electron chi connectivity index (χ0n) is 8.34. The summed E-state index contributed by atoms with van der Waals surface area (Å²) in [6.45, 7) is 4.37. The zero-order chi connectivity index (χ0) is 9.84. The average Bonchev–Trinajstić information content (AvgIpc) is 2.15. The molecule has 1 rings (SSSR count). The molecule has 2 atom stereocenters. The normalized spacial score (nSPS) is 15.4. The van der Waals surface area contributed by atoms with Crippen LogP contribution >= 0.6 is 11.6 Å². The van der Waals surface area contributed by atoms with E-state index in [1.165, 1.54) is 5.56 Å². The van der Waals surface area contributed by atoms with Crippen molar-refractivity contribution in [2.24, 2.45) is 0 Å². The van der Waals surface area contributed by atoms with Crippen LogP contribution in [0.2, 0.25) is 5.02 Å². The second kappa shape index (κ2) is 4.64. The first-order valence-corrected chi connectivity index (χ1v) is 4.95. The van der Waals surface area contributed by atoms with Crippen LogP contribution in [0.4, 0.5) is 0 Å². The maximum Gasteiger partial charge on any atom is 0.0408 e. The van der Waals surface area contributed by atoms with Crippen LogP contribution in [0.5, 0.6) is 0 Å². The van der Waals surface area contributed by atoms with E-state index in [0.717, 1.165) is 5.02 Å². The first-order valence-electron chi connectivity index (χ1n) is 4.58. The van der Waals surface area contributed by atoms with E-state index in [1.807, 2.05) is 25.2 Å². The van der Waals surface area contributed by atoms with E-state index >= 15 is 0 Å². The molecule has 13 heavy (non-hydrogen) atoms. The van der Waals surface area contributed by atoms with E-state index in [0.29, 0.717) is 12.0 Å². The second-order valence-electron chi connectivity index (χ2n) is 3.42. The van der Waals surface area contributed by atoms with Crippen molar-refractivity contribution >= 4 is 11.6 Å². The summed E-state index contributed by atoms with van der Waals surface area (Å²) >= 11 is 5.92. The molecule has 0 aliphatic heterocycles. The molecular weight excluding hydrogens is 182 g/mol. The van der Waals surface area contributed by atoms with Gasteiger partial charge < -0.3 is 5.32 Å². The Kier molecular flexibility index (Phi) is 3.76. The number of nitrogens with one attached hydrogen (secondary N) is 1. The number of hydrogen-bond donors (Lipinski definition) is 1. The lowest BCUT2D eigenvalue weighted by Gasteiger charge is -2.19. The highest BCUT2D eigenvalue weighted by atomic mass is 35.5. The van der Waals surface area contributed by atoms with Crippen molar-refractivity contribution < 1.29 is 0 Å². The number of likely N-dealkylation sites (N-methyl/N-ethyl adjacent to an activating group) is 1. The molecule has 2 unspecified atom stereocenters. The molecule has 0 spiro atoms. The Morgan fingerprint density at radius 3 is 2.54 bits per heavy atom. The maximum absolute atomic E-state index is 5.92. The molecule has 0 radical (unpaired) electrons. The van der Waals surface area contributed by atoms with Gasteiger partial charge in [0, 0.05) is 11.1 Å². The van der Waals surface area contributed by atoms with Gasteiger partial charge in [0.25, 0.3) is 0 Å². The second-order valence-corrected chi connectivity index (χ2v) is 3.86. The van der Waals surface area contributed by atoms with Crippen LogP contribution in [0.25, 0.3) is 0 Å². The zero-order valence-corrected chi connectivity index (χ0v) is 9.10. The smallest absolute Gasteiger partial charge is 0.0408 e. The monoisotopic (exact) mass is 197 g/mol. The van der Waals surface area contributed by atoms with E-state index in [9.17, 15) is 0 Å². The Labute approximate surface area is 85.1 Å². The largest absolute Gasteiger partial charge is 0.317 e. The number of benzene rings is 1. The van der Waals surface area contributed by atoms with Crippen molar-refractivity contribution in [1.29, 1.82) is 0 Å². The molecule has 1 aromatic rings. The summed E-state index contributed by atoms with van der Waals surface area (Å²) in [6.07, 6.45) is 0. The van der Waals surface area contributed by atoms with Gasteiger partial charge in [-0.1, -0.05) is 30.7 Å². The fourth-order valence-electron chi connectivity index (χ4n) is 1.33.